The van der Waals surface area contributed by atoms with Crippen LogP contribution in [0.2, 0.25) is 0 Å². The third-order valence-corrected chi connectivity index (χ3v) is 3.74. The number of aromatic nitrogens is 3. The molecule has 0 radical (unpaired) electrons. The minimum Gasteiger partial charge on any atom is -0.365 e. The predicted octanol–water partition coefficient (Wildman–Crippen LogP) is 1.94. The third kappa shape index (κ3) is 2.89. The Balaban J connectivity index is 1.72. The summed E-state index contributed by atoms with van der Waals surface area (Å²) in [5.74, 6) is 0.907. The molecule has 0 saturated carbocycles. The summed E-state index contributed by atoms with van der Waals surface area (Å²) in [7, 11) is 0. The minimum absolute atomic E-state index is 0.0819. The first-order valence-corrected chi connectivity index (χ1v) is 7.24. The van der Waals surface area contributed by atoms with Crippen LogP contribution in [0, 0.1) is 0 Å². The molecule has 3 heterocycles. The standard InChI is InChI=1S/C15H19N5O/c1-2-4-13(21)20-8-3-5-11(9-20)19-15-12-6-7-16-14(12)17-10-18-15/h2,4,6-7,10-11H,3,5,8-9H2,1H3,(H2,16,17,18,19)/t11-/m1/s1. The number of amides is 1. The summed E-state index contributed by atoms with van der Waals surface area (Å²) < 4.78 is 0. The van der Waals surface area contributed by atoms with Gasteiger partial charge in [-0.2, -0.15) is 0 Å². The van der Waals surface area contributed by atoms with Crippen molar-refractivity contribution in [3.8, 4) is 0 Å². The van der Waals surface area contributed by atoms with Gasteiger partial charge in [0.15, 0.2) is 0 Å². The summed E-state index contributed by atoms with van der Waals surface area (Å²) in [6.07, 6.45) is 8.85. The molecule has 0 bridgehead atoms. The van der Waals surface area contributed by atoms with Crippen LogP contribution in [0.15, 0.2) is 30.7 Å². The maximum atomic E-state index is 11.9. The van der Waals surface area contributed by atoms with Crippen molar-refractivity contribution < 1.29 is 4.79 Å². The van der Waals surface area contributed by atoms with E-state index in [1.807, 2.05) is 24.1 Å². The zero-order chi connectivity index (χ0) is 14.7. The fourth-order valence-electron chi connectivity index (χ4n) is 2.72. The van der Waals surface area contributed by atoms with Gasteiger partial charge in [0, 0.05) is 25.3 Å². The lowest BCUT2D eigenvalue weighted by molar-refractivity contribution is -0.127. The Morgan fingerprint density at radius 2 is 2.43 bits per heavy atom. The Labute approximate surface area is 123 Å². The zero-order valence-corrected chi connectivity index (χ0v) is 12.0. The maximum absolute atomic E-state index is 11.9. The number of nitrogens with zero attached hydrogens (tertiary/aromatic N) is 3. The molecule has 3 rings (SSSR count). The van der Waals surface area contributed by atoms with Crippen LogP contribution < -0.4 is 5.32 Å². The van der Waals surface area contributed by atoms with Gasteiger partial charge in [-0.3, -0.25) is 4.79 Å². The quantitative estimate of drug-likeness (QED) is 0.845. The molecule has 2 N–H and O–H groups in total. The molecule has 21 heavy (non-hydrogen) atoms. The van der Waals surface area contributed by atoms with Crippen LogP contribution in [0.1, 0.15) is 19.8 Å². The van der Waals surface area contributed by atoms with Gasteiger partial charge in [0.05, 0.1) is 5.39 Å². The molecular formula is C15H19N5O. The van der Waals surface area contributed by atoms with Crippen LogP contribution in [0.25, 0.3) is 11.0 Å². The number of allylic oxidation sites excluding steroid dienone is 1. The van der Waals surface area contributed by atoms with E-state index in [-0.39, 0.29) is 11.9 Å². The van der Waals surface area contributed by atoms with Crippen molar-refractivity contribution in [2.45, 2.75) is 25.8 Å². The lowest BCUT2D eigenvalue weighted by atomic mass is 10.1. The van der Waals surface area contributed by atoms with Crippen LogP contribution in [-0.4, -0.2) is 44.9 Å². The van der Waals surface area contributed by atoms with Gasteiger partial charge in [-0.15, -0.1) is 0 Å². The highest BCUT2D eigenvalue weighted by Gasteiger charge is 2.23. The van der Waals surface area contributed by atoms with Crippen molar-refractivity contribution in [2.24, 2.45) is 0 Å². The van der Waals surface area contributed by atoms with Crippen molar-refractivity contribution in [1.82, 2.24) is 19.9 Å². The Kier molecular flexibility index (Phi) is 3.85. The SMILES string of the molecule is CC=CC(=O)N1CCC[C@@H](Nc2ncnc3[nH]ccc23)C1. The molecule has 1 amide bonds. The molecule has 0 spiro atoms. The van der Waals surface area contributed by atoms with Crippen molar-refractivity contribution >= 4 is 22.8 Å². The van der Waals surface area contributed by atoms with E-state index in [9.17, 15) is 4.79 Å². The number of rotatable bonds is 3. The van der Waals surface area contributed by atoms with E-state index in [4.69, 9.17) is 0 Å². The number of piperidine rings is 1. The zero-order valence-electron chi connectivity index (χ0n) is 12.0. The van der Waals surface area contributed by atoms with E-state index in [2.05, 4.69) is 20.3 Å². The molecule has 1 fully saturated rings. The number of aromatic amines is 1. The average Bonchev–Trinajstić information content (AvgIpc) is 2.97. The second-order valence-electron chi connectivity index (χ2n) is 5.23. The predicted molar refractivity (Wildman–Crippen MR) is 81.9 cm³/mol. The Morgan fingerprint density at radius 1 is 1.52 bits per heavy atom. The number of nitrogens with one attached hydrogen (secondary N) is 2. The average molecular weight is 285 g/mol. The summed E-state index contributed by atoms with van der Waals surface area (Å²) in [4.78, 5) is 25.4. The number of hydrogen-bond acceptors (Lipinski definition) is 4. The number of hydrogen-bond donors (Lipinski definition) is 2. The summed E-state index contributed by atoms with van der Waals surface area (Å²) in [5, 5.41) is 4.43. The second-order valence-corrected chi connectivity index (χ2v) is 5.23. The van der Waals surface area contributed by atoms with Gasteiger partial charge in [0.1, 0.15) is 17.8 Å². The van der Waals surface area contributed by atoms with Gasteiger partial charge in [-0.25, -0.2) is 9.97 Å². The van der Waals surface area contributed by atoms with Gasteiger partial charge >= 0.3 is 0 Å². The largest absolute Gasteiger partial charge is 0.365 e. The Bertz CT molecular complexity index is 663. The van der Waals surface area contributed by atoms with Crippen LogP contribution in [0.4, 0.5) is 5.82 Å². The number of H-pyrrole nitrogens is 1. The molecule has 1 atom stereocenters. The lowest BCUT2D eigenvalue weighted by Crippen LogP contribution is -2.44. The molecule has 0 aromatic carbocycles. The monoisotopic (exact) mass is 285 g/mol. The van der Waals surface area contributed by atoms with E-state index in [1.54, 1.807) is 18.5 Å². The molecule has 2 aromatic rings. The molecule has 0 aliphatic carbocycles. The molecule has 1 aliphatic rings. The van der Waals surface area contributed by atoms with Gasteiger partial charge in [-0.05, 0) is 31.9 Å². The summed E-state index contributed by atoms with van der Waals surface area (Å²) >= 11 is 0. The molecular weight excluding hydrogens is 266 g/mol. The van der Waals surface area contributed by atoms with E-state index in [0.29, 0.717) is 6.54 Å². The number of anilines is 1. The fraction of sp³-hybridized carbons (Fsp3) is 0.400. The molecule has 6 heteroatoms. The van der Waals surface area contributed by atoms with E-state index in [1.165, 1.54) is 0 Å². The van der Waals surface area contributed by atoms with Crippen molar-refractivity contribution in [3.05, 3.63) is 30.7 Å². The van der Waals surface area contributed by atoms with E-state index >= 15 is 0 Å². The van der Waals surface area contributed by atoms with Crippen molar-refractivity contribution in [3.63, 3.8) is 0 Å². The molecule has 1 saturated heterocycles. The van der Waals surface area contributed by atoms with Gasteiger partial charge in [0.2, 0.25) is 5.91 Å². The summed E-state index contributed by atoms with van der Waals surface area (Å²) in [6.45, 7) is 3.39. The van der Waals surface area contributed by atoms with Gasteiger partial charge in [0.25, 0.3) is 0 Å². The third-order valence-electron chi connectivity index (χ3n) is 3.74. The van der Waals surface area contributed by atoms with E-state index < -0.39 is 0 Å². The Morgan fingerprint density at radius 3 is 3.29 bits per heavy atom. The molecule has 110 valence electrons. The topological polar surface area (TPSA) is 73.9 Å². The van der Waals surface area contributed by atoms with Gasteiger partial charge in [-0.1, -0.05) is 6.08 Å². The second kappa shape index (κ2) is 5.95. The fourth-order valence-corrected chi connectivity index (χ4v) is 2.72. The lowest BCUT2D eigenvalue weighted by Gasteiger charge is -2.32. The first-order chi connectivity index (χ1) is 10.3. The number of likely N-dealkylation sites (tertiary alicyclic amines) is 1. The highest BCUT2D eigenvalue weighted by atomic mass is 16.2. The molecule has 6 nitrogen and oxygen atoms in total. The van der Waals surface area contributed by atoms with Gasteiger partial charge < -0.3 is 15.2 Å². The first-order valence-electron chi connectivity index (χ1n) is 7.24. The summed E-state index contributed by atoms with van der Waals surface area (Å²) in [5.41, 5.74) is 0.824. The minimum atomic E-state index is 0.0819. The van der Waals surface area contributed by atoms with Crippen LogP contribution in [-0.2, 0) is 4.79 Å². The highest BCUT2D eigenvalue weighted by molar-refractivity contribution is 5.88. The molecule has 1 aliphatic heterocycles. The molecule has 0 unspecified atom stereocenters. The van der Waals surface area contributed by atoms with Crippen molar-refractivity contribution in [1.29, 1.82) is 0 Å². The van der Waals surface area contributed by atoms with Crippen LogP contribution >= 0.6 is 0 Å². The normalized spacial score (nSPS) is 19.3. The van der Waals surface area contributed by atoms with Crippen LogP contribution in [0.5, 0.6) is 0 Å². The molecule has 2 aromatic heterocycles. The number of carbonyl (C=O) groups is 1. The number of fused-ring (bicyclic) bond motifs is 1. The highest BCUT2D eigenvalue weighted by Crippen LogP contribution is 2.21. The van der Waals surface area contributed by atoms with Crippen molar-refractivity contribution in [2.75, 3.05) is 18.4 Å². The first kappa shape index (κ1) is 13.6. The maximum Gasteiger partial charge on any atom is 0.246 e. The number of carbonyl (C=O) groups excluding carboxylic acids is 1. The summed E-state index contributed by atoms with van der Waals surface area (Å²) in [6, 6.07) is 2.18. The van der Waals surface area contributed by atoms with Crippen LogP contribution in [0.3, 0.4) is 0 Å². The smallest absolute Gasteiger partial charge is 0.246 e. The Hall–Kier alpha value is -2.37. The van der Waals surface area contributed by atoms with E-state index in [0.717, 1.165) is 36.2 Å².